The highest BCUT2D eigenvalue weighted by atomic mass is 16.6. The van der Waals surface area contributed by atoms with Crippen molar-refractivity contribution in [2.45, 2.75) is 20.4 Å². The molecule has 122 valence electrons. The summed E-state index contributed by atoms with van der Waals surface area (Å²) in [5, 5.41) is 17.6. The third-order valence-corrected chi connectivity index (χ3v) is 3.54. The molecule has 1 amide bonds. The van der Waals surface area contributed by atoms with E-state index in [4.69, 9.17) is 4.74 Å². The molecule has 0 saturated heterocycles. The molecule has 2 aromatic rings. The Balaban J connectivity index is 1.84. The second-order valence-electron chi connectivity index (χ2n) is 5.09. The van der Waals surface area contributed by atoms with Gasteiger partial charge in [0.2, 0.25) is 0 Å². The first-order valence-electron chi connectivity index (χ1n) is 7.01. The van der Waals surface area contributed by atoms with Gasteiger partial charge in [0, 0.05) is 37.0 Å². The molecule has 1 N–H and O–H groups in total. The van der Waals surface area contributed by atoms with E-state index in [1.54, 1.807) is 4.68 Å². The first-order chi connectivity index (χ1) is 10.9. The lowest BCUT2D eigenvalue weighted by Crippen LogP contribution is -2.28. The van der Waals surface area contributed by atoms with Crippen LogP contribution in [0.25, 0.3) is 0 Å². The van der Waals surface area contributed by atoms with Gasteiger partial charge < -0.3 is 10.1 Å². The maximum atomic E-state index is 11.8. The second kappa shape index (κ2) is 6.91. The number of aryl methyl sites for hydroxylation is 2. The van der Waals surface area contributed by atoms with Crippen molar-refractivity contribution in [3.8, 4) is 5.75 Å². The zero-order chi connectivity index (χ0) is 17.0. The number of ether oxygens (including phenoxy) is 1. The van der Waals surface area contributed by atoms with Crippen molar-refractivity contribution in [2.75, 3.05) is 6.61 Å². The molecule has 0 radical (unpaired) electrons. The van der Waals surface area contributed by atoms with E-state index >= 15 is 0 Å². The summed E-state index contributed by atoms with van der Waals surface area (Å²) >= 11 is 0. The molecular formula is C15H18N4O4. The lowest BCUT2D eigenvalue weighted by atomic mass is 10.2. The molecule has 0 bridgehead atoms. The molecule has 0 atom stereocenters. The highest BCUT2D eigenvalue weighted by Gasteiger charge is 2.11. The van der Waals surface area contributed by atoms with Gasteiger partial charge in [0.1, 0.15) is 5.75 Å². The molecule has 1 aromatic carbocycles. The van der Waals surface area contributed by atoms with Crippen molar-refractivity contribution >= 4 is 11.6 Å². The van der Waals surface area contributed by atoms with Gasteiger partial charge in [-0.3, -0.25) is 19.6 Å². The van der Waals surface area contributed by atoms with Crippen LogP contribution in [-0.4, -0.2) is 27.2 Å². The number of benzene rings is 1. The third-order valence-electron chi connectivity index (χ3n) is 3.54. The van der Waals surface area contributed by atoms with Gasteiger partial charge in [-0.15, -0.1) is 0 Å². The number of nitro benzene ring substituents is 1. The van der Waals surface area contributed by atoms with Gasteiger partial charge in [-0.25, -0.2) is 0 Å². The topological polar surface area (TPSA) is 99.3 Å². The number of nitrogens with zero attached hydrogens (tertiary/aromatic N) is 3. The van der Waals surface area contributed by atoms with Crippen LogP contribution in [0.4, 0.5) is 5.69 Å². The molecule has 0 aliphatic heterocycles. The summed E-state index contributed by atoms with van der Waals surface area (Å²) in [6, 6.07) is 5.58. The largest absolute Gasteiger partial charge is 0.484 e. The van der Waals surface area contributed by atoms with Crippen LogP contribution in [0.5, 0.6) is 5.75 Å². The predicted molar refractivity (Wildman–Crippen MR) is 83.1 cm³/mol. The summed E-state index contributed by atoms with van der Waals surface area (Å²) in [5.74, 6) is 0.130. The molecule has 8 heteroatoms. The van der Waals surface area contributed by atoms with Crippen LogP contribution < -0.4 is 10.1 Å². The maximum absolute atomic E-state index is 11.8. The first kappa shape index (κ1) is 16.5. The van der Waals surface area contributed by atoms with Gasteiger partial charge in [-0.1, -0.05) is 0 Å². The number of hydrogen-bond acceptors (Lipinski definition) is 5. The van der Waals surface area contributed by atoms with Gasteiger partial charge in [0.15, 0.2) is 6.61 Å². The molecule has 8 nitrogen and oxygen atoms in total. The van der Waals surface area contributed by atoms with Crippen LogP contribution >= 0.6 is 0 Å². The standard InChI is InChI=1S/C15H18N4O4/c1-10-14(11(2)18(3)17-10)8-16-15(20)9-23-13-6-4-12(5-7-13)19(21)22/h4-7H,8-9H2,1-3H3,(H,16,20). The molecule has 2 rings (SSSR count). The summed E-state index contributed by atoms with van der Waals surface area (Å²) in [6.07, 6.45) is 0. The molecule has 1 aromatic heterocycles. The monoisotopic (exact) mass is 318 g/mol. The number of carbonyl (C=O) groups is 1. The summed E-state index contributed by atoms with van der Waals surface area (Å²) in [4.78, 5) is 21.9. The Hall–Kier alpha value is -2.90. The van der Waals surface area contributed by atoms with Crippen molar-refractivity contribution in [1.82, 2.24) is 15.1 Å². The Morgan fingerprint density at radius 2 is 2.00 bits per heavy atom. The minimum absolute atomic E-state index is 0.0238. The molecule has 0 fully saturated rings. The predicted octanol–water partition coefficient (Wildman–Crippen LogP) is 1.64. The Morgan fingerprint density at radius 1 is 1.35 bits per heavy atom. The number of non-ortho nitro benzene ring substituents is 1. The number of nitro groups is 1. The fraction of sp³-hybridized carbons (Fsp3) is 0.333. The van der Waals surface area contributed by atoms with E-state index in [1.165, 1.54) is 24.3 Å². The van der Waals surface area contributed by atoms with E-state index in [9.17, 15) is 14.9 Å². The summed E-state index contributed by atoms with van der Waals surface area (Å²) in [6.45, 7) is 4.06. The van der Waals surface area contributed by atoms with Crippen LogP contribution in [0.3, 0.4) is 0 Å². The van der Waals surface area contributed by atoms with E-state index in [0.29, 0.717) is 12.3 Å². The fourth-order valence-corrected chi connectivity index (χ4v) is 2.12. The minimum atomic E-state index is -0.491. The number of carbonyl (C=O) groups excluding carboxylic acids is 1. The normalized spacial score (nSPS) is 10.4. The Morgan fingerprint density at radius 3 is 2.52 bits per heavy atom. The van der Waals surface area contributed by atoms with E-state index in [0.717, 1.165) is 17.0 Å². The Bertz CT molecular complexity index is 722. The highest BCUT2D eigenvalue weighted by Crippen LogP contribution is 2.17. The summed E-state index contributed by atoms with van der Waals surface area (Å²) in [5.41, 5.74) is 2.83. The smallest absolute Gasteiger partial charge is 0.269 e. The molecule has 1 heterocycles. The minimum Gasteiger partial charge on any atom is -0.484 e. The van der Waals surface area contributed by atoms with Crippen molar-refractivity contribution in [3.05, 3.63) is 51.3 Å². The maximum Gasteiger partial charge on any atom is 0.269 e. The third kappa shape index (κ3) is 4.06. The van der Waals surface area contributed by atoms with Crippen LogP contribution in [-0.2, 0) is 18.4 Å². The zero-order valence-electron chi connectivity index (χ0n) is 13.2. The van der Waals surface area contributed by atoms with E-state index in [2.05, 4.69) is 10.4 Å². The van der Waals surface area contributed by atoms with Crippen LogP contribution in [0.1, 0.15) is 17.0 Å². The summed E-state index contributed by atoms with van der Waals surface area (Å²) in [7, 11) is 1.85. The second-order valence-corrected chi connectivity index (χ2v) is 5.09. The first-order valence-corrected chi connectivity index (χ1v) is 7.01. The van der Waals surface area contributed by atoms with Crippen LogP contribution in [0.2, 0.25) is 0 Å². The van der Waals surface area contributed by atoms with E-state index in [1.807, 2.05) is 20.9 Å². The van der Waals surface area contributed by atoms with Crippen molar-refractivity contribution < 1.29 is 14.5 Å². The molecule has 0 aliphatic carbocycles. The number of rotatable bonds is 6. The van der Waals surface area contributed by atoms with Gasteiger partial charge >= 0.3 is 0 Å². The van der Waals surface area contributed by atoms with Crippen LogP contribution in [0, 0.1) is 24.0 Å². The SMILES string of the molecule is Cc1nn(C)c(C)c1CNC(=O)COc1ccc([N+](=O)[O-])cc1. The quantitative estimate of drug-likeness (QED) is 0.645. The lowest BCUT2D eigenvalue weighted by molar-refractivity contribution is -0.384. The van der Waals surface area contributed by atoms with Crippen molar-refractivity contribution in [1.29, 1.82) is 0 Å². The molecule has 0 saturated carbocycles. The average molecular weight is 318 g/mol. The highest BCUT2D eigenvalue weighted by molar-refractivity contribution is 5.77. The van der Waals surface area contributed by atoms with Gasteiger partial charge in [-0.05, 0) is 26.0 Å². The van der Waals surface area contributed by atoms with Crippen LogP contribution in [0.15, 0.2) is 24.3 Å². The molecule has 0 unspecified atom stereocenters. The van der Waals surface area contributed by atoms with E-state index < -0.39 is 4.92 Å². The average Bonchev–Trinajstić information content (AvgIpc) is 2.76. The summed E-state index contributed by atoms with van der Waals surface area (Å²) < 4.78 is 7.07. The van der Waals surface area contributed by atoms with Gasteiger partial charge in [0.05, 0.1) is 10.6 Å². The number of nitrogens with one attached hydrogen (secondary N) is 1. The fourth-order valence-electron chi connectivity index (χ4n) is 2.12. The molecule has 0 aliphatic rings. The molecular weight excluding hydrogens is 300 g/mol. The Labute approximate surface area is 133 Å². The number of amides is 1. The van der Waals surface area contributed by atoms with Crippen molar-refractivity contribution in [2.24, 2.45) is 7.05 Å². The van der Waals surface area contributed by atoms with Crippen molar-refractivity contribution in [3.63, 3.8) is 0 Å². The number of hydrogen-bond donors (Lipinski definition) is 1. The van der Waals surface area contributed by atoms with E-state index in [-0.39, 0.29) is 18.2 Å². The number of aromatic nitrogens is 2. The zero-order valence-corrected chi connectivity index (χ0v) is 13.2. The molecule has 23 heavy (non-hydrogen) atoms. The lowest BCUT2D eigenvalue weighted by Gasteiger charge is -2.08. The Kier molecular flexibility index (Phi) is 4.95. The van der Waals surface area contributed by atoms with Gasteiger partial charge in [0.25, 0.3) is 11.6 Å². The molecule has 0 spiro atoms. The van der Waals surface area contributed by atoms with Gasteiger partial charge in [-0.2, -0.15) is 5.10 Å².